The third kappa shape index (κ3) is 3.12. The number of anilines is 1. The van der Waals surface area contributed by atoms with E-state index in [0.29, 0.717) is 10.2 Å². The van der Waals surface area contributed by atoms with E-state index in [9.17, 15) is 18.0 Å². The van der Waals surface area contributed by atoms with Gasteiger partial charge in [-0.1, -0.05) is 22.0 Å². The summed E-state index contributed by atoms with van der Waals surface area (Å²) >= 11 is 3.20. The average molecular weight is 346 g/mol. The molecule has 9 heteroatoms. The van der Waals surface area contributed by atoms with E-state index in [4.69, 9.17) is 0 Å². The van der Waals surface area contributed by atoms with Crippen LogP contribution in [-0.2, 0) is 10.0 Å². The third-order valence-electron chi connectivity index (χ3n) is 2.15. The summed E-state index contributed by atoms with van der Waals surface area (Å²) in [5.74, 6) is 0. The molecular formula is C10H8BrN3O4S. The van der Waals surface area contributed by atoms with Crippen molar-refractivity contribution < 1.29 is 8.42 Å². The Balaban J connectivity index is 2.43. The highest BCUT2D eigenvalue weighted by molar-refractivity contribution is 9.10. The standard InChI is InChI=1S/C10H8BrN3O4S/c11-6-2-1-3-7(4-6)14-19(17,18)8-5-12-10(16)13-9(8)15/h1-5,14H,(H2,12,13,15,16). The molecule has 2 aromatic rings. The van der Waals surface area contributed by atoms with E-state index in [1.54, 1.807) is 12.1 Å². The van der Waals surface area contributed by atoms with Crippen LogP contribution in [0.5, 0.6) is 0 Å². The van der Waals surface area contributed by atoms with Gasteiger partial charge in [-0.3, -0.25) is 14.5 Å². The Morgan fingerprint density at radius 1 is 1.21 bits per heavy atom. The summed E-state index contributed by atoms with van der Waals surface area (Å²) in [5, 5.41) is 0. The van der Waals surface area contributed by atoms with Gasteiger partial charge in [0.2, 0.25) is 0 Å². The van der Waals surface area contributed by atoms with Gasteiger partial charge in [0, 0.05) is 16.4 Å². The predicted molar refractivity (Wildman–Crippen MR) is 72.6 cm³/mol. The molecular weight excluding hydrogens is 338 g/mol. The summed E-state index contributed by atoms with van der Waals surface area (Å²) in [4.78, 5) is 25.7. The van der Waals surface area contributed by atoms with Crippen molar-refractivity contribution in [2.45, 2.75) is 4.90 Å². The van der Waals surface area contributed by atoms with Gasteiger partial charge in [0.05, 0.1) is 0 Å². The van der Waals surface area contributed by atoms with Crippen LogP contribution in [0.1, 0.15) is 0 Å². The summed E-state index contributed by atoms with van der Waals surface area (Å²) < 4.78 is 26.9. The Morgan fingerprint density at radius 2 is 1.95 bits per heavy atom. The molecule has 0 atom stereocenters. The first-order valence-corrected chi connectivity index (χ1v) is 7.26. The fourth-order valence-electron chi connectivity index (χ4n) is 1.36. The largest absolute Gasteiger partial charge is 0.325 e. The molecule has 1 aromatic heterocycles. The van der Waals surface area contributed by atoms with Gasteiger partial charge in [-0.2, -0.15) is 0 Å². The lowest BCUT2D eigenvalue weighted by molar-refractivity contribution is 0.599. The molecule has 1 heterocycles. The van der Waals surface area contributed by atoms with Crippen LogP contribution >= 0.6 is 15.9 Å². The molecule has 0 saturated heterocycles. The lowest BCUT2D eigenvalue weighted by atomic mass is 10.3. The fourth-order valence-corrected chi connectivity index (χ4v) is 2.81. The Hall–Kier alpha value is -1.87. The van der Waals surface area contributed by atoms with E-state index < -0.39 is 26.2 Å². The molecule has 0 aliphatic heterocycles. The van der Waals surface area contributed by atoms with Gasteiger partial charge in [-0.15, -0.1) is 0 Å². The number of rotatable bonds is 3. The molecule has 0 bridgehead atoms. The van der Waals surface area contributed by atoms with Gasteiger partial charge in [0.25, 0.3) is 15.6 Å². The van der Waals surface area contributed by atoms with E-state index >= 15 is 0 Å². The zero-order valence-corrected chi connectivity index (χ0v) is 11.7. The summed E-state index contributed by atoms with van der Waals surface area (Å²) in [6.45, 7) is 0. The number of benzene rings is 1. The highest BCUT2D eigenvalue weighted by Gasteiger charge is 2.18. The number of hydrogen-bond donors (Lipinski definition) is 3. The van der Waals surface area contributed by atoms with Crippen molar-refractivity contribution in [3.8, 4) is 0 Å². The van der Waals surface area contributed by atoms with Crippen LogP contribution in [0.15, 0.2) is 49.4 Å². The van der Waals surface area contributed by atoms with E-state index in [-0.39, 0.29) is 0 Å². The molecule has 0 saturated carbocycles. The molecule has 0 aliphatic carbocycles. The highest BCUT2D eigenvalue weighted by atomic mass is 79.9. The maximum Gasteiger partial charge on any atom is 0.325 e. The molecule has 3 N–H and O–H groups in total. The maximum absolute atomic E-state index is 12.0. The number of sulfonamides is 1. The van der Waals surface area contributed by atoms with Crippen molar-refractivity contribution in [3.05, 3.63) is 55.8 Å². The number of hydrogen-bond acceptors (Lipinski definition) is 4. The average Bonchev–Trinajstić information content (AvgIpc) is 2.27. The van der Waals surface area contributed by atoms with Crippen LogP contribution in [0.2, 0.25) is 0 Å². The van der Waals surface area contributed by atoms with Crippen molar-refractivity contribution >= 4 is 31.6 Å². The summed E-state index contributed by atoms with van der Waals surface area (Å²) in [5.41, 5.74) is -1.46. The van der Waals surface area contributed by atoms with Crippen LogP contribution in [0, 0.1) is 0 Å². The molecule has 100 valence electrons. The normalized spacial score (nSPS) is 11.2. The molecule has 0 spiro atoms. The number of H-pyrrole nitrogens is 2. The van der Waals surface area contributed by atoms with E-state index in [1.807, 2.05) is 4.98 Å². The number of aromatic amines is 2. The quantitative estimate of drug-likeness (QED) is 0.757. The second-order valence-corrected chi connectivity index (χ2v) is 6.12. The van der Waals surface area contributed by atoms with Gasteiger partial charge in [0.15, 0.2) is 4.90 Å². The Bertz CT molecular complexity index is 825. The van der Waals surface area contributed by atoms with E-state index in [2.05, 4.69) is 25.6 Å². The summed E-state index contributed by atoms with van der Waals surface area (Å²) in [6, 6.07) is 6.43. The minimum Gasteiger partial charge on any atom is -0.313 e. The number of halogens is 1. The van der Waals surface area contributed by atoms with Crippen molar-refractivity contribution in [1.29, 1.82) is 0 Å². The predicted octanol–water partition coefficient (Wildman–Crippen LogP) is 0.627. The fraction of sp³-hybridized carbons (Fsp3) is 0. The van der Waals surface area contributed by atoms with Gasteiger partial charge in [0.1, 0.15) is 0 Å². The van der Waals surface area contributed by atoms with Gasteiger partial charge >= 0.3 is 5.69 Å². The molecule has 2 rings (SSSR count). The Kier molecular flexibility index (Phi) is 3.58. The maximum atomic E-state index is 12.0. The monoisotopic (exact) mass is 345 g/mol. The van der Waals surface area contributed by atoms with Crippen LogP contribution in [0.3, 0.4) is 0 Å². The van der Waals surface area contributed by atoms with Crippen LogP contribution < -0.4 is 16.0 Å². The summed E-state index contributed by atoms with van der Waals surface area (Å²) in [7, 11) is -4.06. The number of nitrogens with one attached hydrogen (secondary N) is 3. The van der Waals surface area contributed by atoms with Gasteiger partial charge < -0.3 is 4.98 Å². The molecule has 1 aromatic carbocycles. The Morgan fingerprint density at radius 3 is 2.58 bits per heavy atom. The molecule has 19 heavy (non-hydrogen) atoms. The van der Waals surface area contributed by atoms with Crippen molar-refractivity contribution in [1.82, 2.24) is 9.97 Å². The SMILES string of the molecule is O=c1[nH]cc(S(=O)(=O)Nc2cccc(Br)c2)c(=O)[nH]1. The van der Waals surface area contributed by atoms with Crippen LogP contribution in [0.25, 0.3) is 0 Å². The lowest BCUT2D eigenvalue weighted by Gasteiger charge is -2.07. The molecule has 0 unspecified atom stereocenters. The first kappa shape index (κ1) is 13.6. The second-order valence-electron chi connectivity index (χ2n) is 3.55. The molecule has 0 aliphatic rings. The van der Waals surface area contributed by atoms with E-state index in [0.717, 1.165) is 6.20 Å². The molecule has 0 fully saturated rings. The molecule has 0 radical (unpaired) electrons. The topological polar surface area (TPSA) is 112 Å². The Labute approximate surface area is 115 Å². The van der Waals surface area contributed by atoms with Crippen molar-refractivity contribution in [2.75, 3.05) is 4.72 Å². The smallest absolute Gasteiger partial charge is 0.313 e. The minimum absolute atomic E-state index is 0.292. The first-order chi connectivity index (χ1) is 8.88. The number of aromatic nitrogens is 2. The van der Waals surface area contributed by atoms with Gasteiger partial charge in [-0.25, -0.2) is 13.2 Å². The zero-order chi connectivity index (χ0) is 14.0. The highest BCUT2D eigenvalue weighted by Crippen LogP contribution is 2.18. The molecule has 7 nitrogen and oxygen atoms in total. The lowest BCUT2D eigenvalue weighted by Crippen LogP contribution is -2.29. The van der Waals surface area contributed by atoms with Crippen molar-refractivity contribution in [3.63, 3.8) is 0 Å². The molecule has 0 amide bonds. The second kappa shape index (κ2) is 5.02. The first-order valence-electron chi connectivity index (χ1n) is 4.99. The third-order valence-corrected chi connectivity index (χ3v) is 4.03. The van der Waals surface area contributed by atoms with Crippen LogP contribution in [-0.4, -0.2) is 18.4 Å². The minimum atomic E-state index is -4.06. The van der Waals surface area contributed by atoms with Crippen LogP contribution in [0.4, 0.5) is 5.69 Å². The van der Waals surface area contributed by atoms with Crippen molar-refractivity contribution in [2.24, 2.45) is 0 Å². The van der Waals surface area contributed by atoms with Gasteiger partial charge in [-0.05, 0) is 18.2 Å². The zero-order valence-electron chi connectivity index (χ0n) is 9.31. The summed E-state index contributed by atoms with van der Waals surface area (Å²) in [6.07, 6.45) is 0.849. The van der Waals surface area contributed by atoms with E-state index in [1.165, 1.54) is 12.1 Å².